The van der Waals surface area contributed by atoms with Crippen LogP contribution in [-0.2, 0) is 10.0 Å². The quantitative estimate of drug-likeness (QED) is 0.873. The molecule has 0 amide bonds. The van der Waals surface area contributed by atoms with Crippen LogP contribution in [0.2, 0.25) is 0 Å². The Morgan fingerprint density at radius 1 is 0.952 bits per heavy atom. The van der Waals surface area contributed by atoms with Crippen molar-refractivity contribution in [2.75, 3.05) is 24.6 Å². The van der Waals surface area contributed by atoms with E-state index in [2.05, 4.69) is 0 Å². The summed E-state index contributed by atoms with van der Waals surface area (Å²) in [7, 11) is -2.06. The molecule has 5 nitrogen and oxygen atoms in total. The molecular formula is C15H15NO4S. The van der Waals surface area contributed by atoms with Gasteiger partial charge in [-0.05, 0) is 24.3 Å². The topological polar surface area (TPSA) is 55.8 Å². The molecule has 0 aromatic heterocycles. The summed E-state index contributed by atoms with van der Waals surface area (Å²) < 4.78 is 37.3. The Labute approximate surface area is 123 Å². The Kier molecular flexibility index (Phi) is 3.47. The Morgan fingerprint density at radius 3 is 2.33 bits per heavy atom. The molecule has 0 radical (unpaired) electrons. The van der Waals surface area contributed by atoms with E-state index in [0.717, 1.165) is 0 Å². The third-order valence-electron chi connectivity index (χ3n) is 3.29. The van der Waals surface area contributed by atoms with E-state index in [9.17, 15) is 8.42 Å². The Balaban J connectivity index is 1.97. The number of sulfonamides is 1. The van der Waals surface area contributed by atoms with Crippen molar-refractivity contribution in [1.29, 1.82) is 0 Å². The van der Waals surface area contributed by atoms with Gasteiger partial charge >= 0.3 is 0 Å². The monoisotopic (exact) mass is 305 g/mol. The smallest absolute Gasteiger partial charge is 0.264 e. The van der Waals surface area contributed by atoms with Crippen LogP contribution < -0.4 is 13.8 Å². The van der Waals surface area contributed by atoms with Crippen molar-refractivity contribution in [3.8, 4) is 11.5 Å². The lowest BCUT2D eigenvalue weighted by atomic mass is 10.2. The molecule has 0 spiro atoms. The zero-order valence-electron chi connectivity index (χ0n) is 11.5. The fraction of sp³-hybridized carbons (Fsp3) is 0.200. The minimum Gasteiger partial charge on any atom is -0.486 e. The van der Waals surface area contributed by atoms with Gasteiger partial charge in [0.05, 0.1) is 10.6 Å². The van der Waals surface area contributed by atoms with Crippen LogP contribution in [0.15, 0.2) is 53.4 Å². The molecule has 0 saturated carbocycles. The normalized spacial score (nSPS) is 13.8. The number of anilines is 1. The summed E-state index contributed by atoms with van der Waals surface area (Å²) >= 11 is 0. The molecular weight excluding hydrogens is 290 g/mol. The van der Waals surface area contributed by atoms with Crippen LogP contribution in [0.25, 0.3) is 0 Å². The molecule has 0 N–H and O–H groups in total. The van der Waals surface area contributed by atoms with Crippen molar-refractivity contribution >= 4 is 15.7 Å². The zero-order valence-corrected chi connectivity index (χ0v) is 12.3. The molecule has 0 saturated heterocycles. The highest BCUT2D eigenvalue weighted by molar-refractivity contribution is 7.92. The van der Waals surface area contributed by atoms with Crippen LogP contribution in [0.1, 0.15) is 0 Å². The summed E-state index contributed by atoms with van der Waals surface area (Å²) in [6, 6.07) is 13.4. The second kappa shape index (κ2) is 5.29. The van der Waals surface area contributed by atoms with Crippen molar-refractivity contribution in [2.24, 2.45) is 0 Å². The molecule has 2 aromatic carbocycles. The number of ether oxygens (including phenoxy) is 2. The van der Waals surface area contributed by atoms with Gasteiger partial charge < -0.3 is 9.47 Å². The second-order valence-electron chi connectivity index (χ2n) is 4.61. The maximum atomic E-state index is 12.6. The van der Waals surface area contributed by atoms with Gasteiger partial charge in [0, 0.05) is 13.1 Å². The van der Waals surface area contributed by atoms with Crippen LogP contribution in [0.5, 0.6) is 11.5 Å². The van der Waals surface area contributed by atoms with Gasteiger partial charge in [-0.1, -0.05) is 18.2 Å². The van der Waals surface area contributed by atoms with Crippen molar-refractivity contribution < 1.29 is 17.9 Å². The van der Waals surface area contributed by atoms with E-state index in [-0.39, 0.29) is 4.90 Å². The highest BCUT2D eigenvalue weighted by Gasteiger charge is 2.22. The maximum Gasteiger partial charge on any atom is 0.264 e. The number of benzene rings is 2. The highest BCUT2D eigenvalue weighted by Crippen LogP contribution is 2.35. The van der Waals surface area contributed by atoms with E-state index < -0.39 is 10.0 Å². The predicted octanol–water partition coefficient (Wildman–Crippen LogP) is 2.28. The molecule has 0 aliphatic carbocycles. The van der Waals surface area contributed by atoms with Crippen molar-refractivity contribution in [2.45, 2.75) is 4.90 Å². The molecule has 110 valence electrons. The number of rotatable bonds is 3. The SMILES string of the molecule is CN(c1ccc2c(c1)OCCO2)S(=O)(=O)c1ccccc1. The third kappa shape index (κ3) is 2.54. The van der Waals surface area contributed by atoms with Gasteiger partial charge in [0.2, 0.25) is 0 Å². The maximum absolute atomic E-state index is 12.6. The van der Waals surface area contributed by atoms with Crippen molar-refractivity contribution in [1.82, 2.24) is 0 Å². The molecule has 3 rings (SSSR count). The average Bonchev–Trinajstić information content (AvgIpc) is 2.54. The minimum absolute atomic E-state index is 0.252. The van der Waals surface area contributed by atoms with E-state index in [1.54, 1.807) is 48.5 Å². The summed E-state index contributed by atoms with van der Waals surface area (Å²) in [6.07, 6.45) is 0. The summed E-state index contributed by atoms with van der Waals surface area (Å²) in [5.74, 6) is 1.20. The van der Waals surface area contributed by atoms with Gasteiger partial charge in [-0.25, -0.2) is 8.42 Å². The molecule has 0 fully saturated rings. The molecule has 0 bridgehead atoms. The van der Waals surface area contributed by atoms with Gasteiger partial charge in [0.15, 0.2) is 11.5 Å². The van der Waals surface area contributed by atoms with Gasteiger partial charge in [-0.3, -0.25) is 4.31 Å². The number of hydrogen-bond acceptors (Lipinski definition) is 4. The fourth-order valence-corrected chi connectivity index (χ4v) is 3.33. The standard InChI is InChI=1S/C15H15NO4S/c1-16(21(17,18)13-5-3-2-4-6-13)12-7-8-14-15(11-12)20-10-9-19-14/h2-8,11H,9-10H2,1H3. The van der Waals surface area contributed by atoms with E-state index in [0.29, 0.717) is 30.4 Å². The van der Waals surface area contributed by atoms with Crippen LogP contribution in [0.4, 0.5) is 5.69 Å². The van der Waals surface area contributed by atoms with Crippen LogP contribution >= 0.6 is 0 Å². The van der Waals surface area contributed by atoms with Gasteiger partial charge in [0.1, 0.15) is 13.2 Å². The van der Waals surface area contributed by atoms with E-state index >= 15 is 0 Å². The third-order valence-corrected chi connectivity index (χ3v) is 5.09. The van der Waals surface area contributed by atoms with Crippen molar-refractivity contribution in [3.63, 3.8) is 0 Å². The lowest BCUT2D eigenvalue weighted by molar-refractivity contribution is 0.171. The first kappa shape index (κ1) is 13.8. The summed E-state index contributed by atoms with van der Waals surface area (Å²) in [5, 5.41) is 0. The number of fused-ring (bicyclic) bond motifs is 1. The second-order valence-corrected chi connectivity index (χ2v) is 6.58. The zero-order chi connectivity index (χ0) is 14.9. The first-order valence-electron chi connectivity index (χ1n) is 6.53. The summed E-state index contributed by atoms with van der Waals surface area (Å²) in [5.41, 5.74) is 0.531. The lowest BCUT2D eigenvalue weighted by Gasteiger charge is -2.23. The summed E-state index contributed by atoms with van der Waals surface area (Å²) in [6.45, 7) is 0.968. The molecule has 1 aliphatic heterocycles. The van der Waals surface area contributed by atoms with Crippen LogP contribution in [0.3, 0.4) is 0 Å². The number of nitrogens with zero attached hydrogens (tertiary/aromatic N) is 1. The first-order chi connectivity index (χ1) is 10.1. The van der Waals surface area contributed by atoms with Crippen LogP contribution in [-0.4, -0.2) is 28.7 Å². The first-order valence-corrected chi connectivity index (χ1v) is 7.97. The minimum atomic E-state index is -3.58. The molecule has 1 aliphatic rings. The lowest BCUT2D eigenvalue weighted by Crippen LogP contribution is -2.26. The van der Waals surface area contributed by atoms with Gasteiger partial charge in [0.25, 0.3) is 10.0 Å². The molecule has 0 atom stereocenters. The fourth-order valence-electron chi connectivity index (χ4n) is 2.12. The number of hydrogen-bond donors (Lipinski definition) is 0. The molecule has 6 heteroatoms. The molecule has 1 heterocycles. The molecule has 21 heavy (non-hydrogen) atoms. The summed E-state index contributed by atoms with van der Waals surface area (Å²) in [4.78, 5) is 0.252. The van der Waals surface area contributed by atoms with E-state index in [1.807, 2.05) is 0 Å². The van der Waals surface area contributed by atoms with Gasteiger partial charge in [-0.2, -0.15) is 0 Å². The Morgan fingerprint density at radius 2 is 1.62 bits per heavy atom. The molecule has 2 aromatic rings. The van der Waals surface area contributed by atoms with Crippen molar-refractivity contribution in [3.05, 3.63) is 48.5 Å². The largest absolute Gasteiger partial charge is 0.486 e. The predicted molar refractivity (Wildman–Crippen MR) is 79.5 cm³/mol. The average molecular weight is 305 g/mol. The molecule has 0 unspecified atom stereocenters. The Hall–Kier alpha value is -2.21. The van der Waals surface area contributed by atoms with Crippen LogP contribution in [0, 0.1) is 0 Å². The van der Waals surface area contributed by atoms with E-state index in [4.69, 9.17) is 9.47 Å². The van der Waals surface area contributed by atoms with Gasteiger partial charge in [-0.15, -0.1) is 0 Å². The van der Waals surface area contributed by atoms with E-state index in [1.165, 1.54) is 11.4 Å². The highest BCUT2D eigenvalue weighted by atomic mass is 32.2. The Bertz CT molecular complexity index is 744.